The second kappa shape index (κ2) is 4.20. The summed E-state index contributed by atoms with van der Waals surface area (Å²) in [5, 5.41) is 13.1. The molecular formula is C8H9N3O4. The Morgan fingerprint density at radius 3 is 3.20 bits per heavy atom. The van der Waals surface area contributed by atoms with E-state index in [1.54, 1.807) is 12.1 Å². The first-order valence-corrected chi connectivity index (χ1v) is 4.35. The van der Waals surface area contributed by atoms with Gasteiger partial charge in [0.15, 0.2) is 0 Å². The third-order valence-electron chi connectivity index (χ3n) is 1.87. The van der Waals surface area contributed by atoms with Gasteiger partial charge >= 0.3 is 6.23 Å². The van der Waals surface area contributed by atoms with Crippen LogP contribution < -0.4 is 5.32 Å². The molecule has 2 atom stereocenters. The van der Waals surface area contributed by atoms with Crippen molar-refractivity contribution in [2.24, 2.45) is 4.99 Å². The van der Waals surface area contributed by atoms with Crippen molar-refractivity contribution in [1.29, 1.82) is 0 Å². The fourth-order valence-electron chi connectivity index (χ4n) is 1.16. The molecule has 1 aliphatic heterocycles. The number of hydrogen-bond donors (Lipinski definition) is 1. The Kier molecular flexibility index (Phi) is 2.75. The number of ether oxygens (including phenoxy) is 1. The van der Waals surface area contributed by atoms with Crippen LogP contribution in [0.15, 0.2) is 27.8 Å². The minimum Gasteiger partial charge on any atom is -0.463 e. The van der Waals surface area contributed by atoms with Crippen molar-refractivity contribution in [1.82, 2.24) is 5.32 Å². The summed E-state index contributed by atoms with van der Waals surface area (Å²) in [6.45, 7) is 0.160. The molecule has 15 heavy (non-hydrogen) atoms. The van der Waals surface area contributed by atoms with Crippen molar-refractivity contribution in [3.05, 3.63) is 34.3 Å². The first-order chi connectivity index (χ1) is 7.25. The van der Waals surface area contributed by atoms with Crippen molar-refractivity contribution >= 4 is 6.21 Å². The molecule has 0 aromatic carbocycles. The van der Waals surface area contributed by atoms with Crippen LogP contribution in [-0.2, 0) is 4.74 Å². The van der Waals surface area contributed by atoms with E-state index in [2.05, 4.69) is 10.3 Å². The first kappa shape index (κ1) is 9.81. The molecule has 1 saturated heterocycles. The molecule has 0 radical (unpaired) electrons. The van der Waals surface area contributed by atoms with Gasteiger partial charge in [-0.3, -0.25) is 20.2 Å². The Labute approximate surface area is 84.9 Å². The Bertz CT molecular complexity index is 362. The van der Waals surface area contributed by atoms with Crippen LogP contribution in [-0.4, -0.2) is 30.3 Å². The maximum Gasteiger partial charge on any atom is 0.330 e. The number of nitrogens with zero attached hydrogens (tertiary/aromatic N) is 2. The lowest BCUT2D eigenvalue weighted by molar-refractivity contribution is -0.567. The van der Waals surface area contributed by atoms with E-state index in [0.29, 0.717) is 5.76 Å². The van der Waals surface area contributed by atoms with Crippen molar-refractivity contribution in [3.8, 4) is 0 Å². The van der Waals surface area contributed by atoms with Crippen LogP contribution in [0.25, 0.3) is 0 Å². The van der Waals surface area contributed by atoms with Gasteiger partial charge in [-0.25, -0.2) is 4.99 Å². The van der Waals surface area contributed by atoms with Crippen molar-refractivity contribution < 1.29 is 14.1 Å². The van der Waals surface area contributed by atoms with E-state index in [4.69, 9.17) is 9.15 Å². The molecule has 0 saturated carbocycles. The molecule has 0 bridgehead atoms. The van der Waals surface area contributed by atoms with Gasteiger partial charge in [0.25, 0.3) is 0 Å². The Morgan fingerprint density at radius 2 is 2.60 bits per heavy atom. The highest BCUT2D eigenvalue weighted by atomic mass is 16.7. The smallest absolute Gasteiger partial charge is 0.330 e. The maximum atomic E-state index is 10.4. The van der Waals surface area contributed by atoms with Crippen LogP contribution in [0.4, 0.5) is 0 Å². The highest BCUT2D eigenvalue weighted by Crippen LogP contribution is 2.06. The molecule has 1 aliphatic rings. The number of furan rings is 1. The lowest BCUT2D eigenvalue weighted by atomic mass is 10.5. The summed E-state index contributed by atoms with van der Waals surface area (Å²) in [5.74, 6) is 0.574. The Balaban J connectivity index is 1.90. The minimum atomic E-state index is -1.02. The number of nitro groups is 1. The van der Waals surface area contributed by atoms with Crippen LogP contribution in [0.1, 0.15) is 5.76 Å². The Hall–Kier alpha value is -1.73. The predicted molar refractivity (Wildman–Crippen MR) is 50.0 cm³/mol. The molecule has 2 heterocycles. The normalized spacial score (nSPS) is 26.1. The van der Waals surface area contributed by atoms with Gasteiger partial charge in [-0.05, 0) is 12.1 Å². The third kappa shape index (κ3) is 2.39. The second-order valence-electron chi connectivity index (χ2n) is 2.93. The molecule has 0 aliphatic carbocycles. The van der Waals surface area contributed by atoms with E-state index < -0.39 is 17.5 Å². The van der Waals surface area contributed by atoms with Gasteiger partial charge in [0, 0.05) is 0 Å². The van der Waals surface area contributed by atoms with Gasteiger partial charge in [0.05, 0.1) is 23.9 Å². The van der Waals surface area contributed by atoms with E-state index in [9.17, 15) is 10.1 Å². The van der Waals surface area contributed by atoms with Crippen molar-refractivity contribution in [2.45, 2.75) is 12.6 Å². The Morgan fingerprint density at radius 1 is 1.73 bits per heavy atom. The fourth-order valence-corrected chi connectivity index (χ4v) is 1.16. The molecule has 7 nitrogen and oxygen atoms in total. The molecule has 80 valence electrons. The monoisotopic (exact) mass is 211 g/mol. The molecule has 1 fully saturated rings. The SMILES string of the molecule is O=[N+]([O-])C1CNC(N=Cc2ccco2)O1. The van der Waals surface area contributed by atoms with Gasteiger partial charge in [0.2, 0.25) is 6.35 Å². The van der Waals surface area contributed by atoms with Crippen LogP contribution in [0, 0.1) is 10.1 Å². The average Bonchev–Trinajstić information content (AvgIpc) is 2.86. The summed E-state index contributed by atoms with van der Waals surface area (Å²) < 4.78 is 9.97. The number of nitrogens with one attached hydrogen (secondary N) is 1. The molecule has 2 rings (SSSR count). The largest absolute Gasteiger partial charge is 0.463 e. The number of aliphatic imine (C=N–C) groups is 1. The predicted octanol–water partition coefficient (Wildman–Crippen LogP) is 0.205. The minimum absolute atomic E-state index is 0.160. The number of rotatable bonds is 3. The zero-order valence-corrected chi connectivity index (χ0v) is 7.70. The van der Waals surface area contributed by atoms with E-state index in [1.807, 2.05) is 0 Å². The molecule has 2 unspecified atom stereocenters. The average molecular weight is 211 g/mol. The fraction of sp³-hybridized carbons (Fsp3) is 0.375. The third-order valence-corrected chi connectivity index (χ3v) is 1.87. The highest BCUT2D eigenvalue weighted by molar-refractivity contribution is 5.75. The van der Waals surface area contributed by atoms with E-state index in [-0.39, 0.29) is 6.54 Å². The second-order valence-corrected chi connectivity index (χ2v) is 2.93. The van der Waals surface area contributed by atoms with Gasteiger partial charge in [0.1, 0.15) is 5.76 Å². The van der Waals surface area contributed by atoms with Gasteiger partial charge < -0.3 is 4.42 Å². The zero-order valence-electron chi connectivity index (χ0n) is 7.70. The molecule has 1 aromatic rings. The van der Waals surface area contributed by atoms with Crippen LogP contribution >= 0.6 is 0 Å². The van der Waals surface area contributed by atoms with Gasteiger partial charge in [-0.1, -0.05) is 0 Å². The topological polar surface area (TPSA) is 89.9 Å². The number of hydrogen-bond acceptors (Lipinski definition) is 6. The molecule has 1 N–H and O–H groups in total. The van der Waals surface area contributed by atoms with Crippen LogP contribution in [0.5, 0.6) is 0 Å². The van der Waals surface area contributed by atoms with Crippen molar-refractivity contribution in [2.75, 3.05) is 6.54 Å². The summed E-state index contributed by atoms with van der Waals surface area (Å²) in [6, 6.07) is 3.45. The summed E-state index contributed by atoms with van der Waals surface area (Å²) in [7, 11) is 0. The maximum absolute atomic E-state index is 10.4. The van der Waals surface area contributed by atoms with Crippen molar-refractivity contribution in [3.63, 3.8) is 0 Å². The standard InChI is InChI=1S/C8H9N3O4/c12-11(13)7-5-10-8(15-7)9-4-6-2-1-3-14-6/h1-4,7-8,10H,5H2. The van der Waals surface area contributed by atoms with Gasteiger partial charge in [-0.15, -0.1) is 0 Å². The van der Waals surface area contributed by atoms with E-state index >= 15 is 0 Å². The molecular weight excluding hydrogens is 202 g/mol. The lowest BCUT2D eigenvalue weighted by Crippen LogP contribution is -2.22. The summed E-state index contributed by atoms with van der Waals surface area (Å²) >= 11 is 0. The summed E-state index contributed by atoms with van der Waals surface area (Å²) in [5.41, 5.74) is 0. The first-order valence-electron chi connectivity index (χ1n) is 4.35. The van der Waals surface area contributed by atoms with E-state index in [0.717, 1.165) is 0 Å². The summed E-state index contributed by atoms with van der Waals surface area (Å²) in [4.78, 5) is 13.8. The van der Waals surface area contributed by atoms with Gasteiger partial charge in [-0.2, -0.15) is 0 Å². The highest BCUT2D eigenvalue weighted by Gasteiger charge is 2.32. The summed E-state index contributed by atoms with van der Waals surface area (Å²) in [6.07, 6.45) is 1.28. The molecule has 0 amide bonds. The molecule has 1 aromatic heterocycles. The zero-order chi connectivity index (χ0) is 10.7. The molecule has 7 heteroatoms. The lowest BCUT2D eigenvalue weighted by Gasteiger charge is -2.01. The quantitative estimate of drug-likeness (QED) is 0.438. The molecule has 0 spiro atoms. The van der Waals surface area contributed by atoms with Crippen LogP contribution in [0.2, 0.25) is 0 Å². The van der Waals surface area contributed by atoms with E-state index in [1.165, 1.54) is 12.5 Å². The van der Waals surface area contributed by atoms with Crippen LogP contribution in [0.3, 0.4) is 0 Å².